The van der Waals surface area contributed by atoms with Crippen molar-refractivity contribution in [2.24, 2.45) is 5.10 Å². The van der Waals surface area contributed by atoms with Crippen LogP contribution in [0.3, 0.4) is 0 Å². The van der Waals surface area contributed by atoms with E-state index in [0.717, 1.165) is 4.90 Å². The molecule has 0 aromatic heterocycles. The van der Waals surface area contributed by atoms with Gasteiger partial charge in [-0.1, -0.05) is 6.07 Å². The van der Waals surface area contributed by atoms with Gasteiger partial charge in [-0.3, -0.25) is 10.2 Å². The molecule has 2 N–H and O–H groups in total. The molecule has 0 saturated carbocycles. The first kappa shape index (κ1) is 14.0. The lowest BCUT2D eigenvalue weighted by Gasteiger charge is -2.13. The first-order chi connectivity index (χ1) is 10.1. The Hall–Kier alpha value is -3.39. The van der Waals surface area contributed by atoms with Gasteiger partial charge in [-0.05, 0) is 25.1 Å². The second kappa shape index (κ2) is 5.72. The van der Waals surface area contributed by atoms with Gasteiger partial charge >= 0.3 is 6.03 Å². The van der Waals surface area contributed by atoms with Gasteiger partial charge in [0.15, 0.2) is 0 Å². The Labute approximate surface area is 120 Å². The van der Waals surface area contributed by atoms with Crippen molar-refractivity contribution >= 4 is 29.0 Å². The fraction of sp³-hybridized carbons (Fsp3) is 0.154. The van der Waals surface area contributed by atoms with Crippen molar-refractivity contribution in [1.82, 2.24) is 5.32 Å². The first-order valence-corrected chi connectivity index (χ1v) is 5.95. The van der Waals surface area contributed by atoms with Gasteiger partial charge in [-0.2, -0.15) is 15.6 Å². The van der Waals surface area contributed by atoms with Crippen LogP contribution in [0.5, 0.6) is 0 Å². The van der Waals surface area contributed by atoms with Crippen molar-refractivity contribution in [2.75, 3.05) is 10.3 Å². The van der Waals surface area contributed by atoms with Gasteiger partial charge in [-0.25, -0.2) is 9.69 Å². The number of hydrazone groups is 1. The highest BCUT2D eigenvalue weighted by molar-refractivity contribution is 6.21. The number of rotatable bonds is 3. The molecule has 8 nitrogen and oxygen atoms in total. The Balaban J connectivity index is 2.25. The van der Waals surface area contributed by atoms with E-state index in [0.29, 0.717) is 11.4 Å². The molecule has 1 atom stereocenters. The molecule has 1 fully saturated rings. The van der Waals surface area contributed by atoms with Gasteiger partial charge in [0.25, 0.3) is 5.91 Å². The summed E-state index contributed by atoms with van der Waals surface area (Å²) in [6.07, 6.45) is 0. The zero-order valence-corrected chi connectivity index (χ0v) is 11.0. The molecule has 3 amide bonds. The zero-order chi connectivity index (χ0) is 15.4. The Bertz CT molecular complexity index is 696. The number of hydrogen-bond donors (Lipinski definition) is 2. The molecule has 1 aromatic rings. The molecular weight excluding hydrogens is 272 g/mol. The van der Waals surface area contributed by atoms with Crippen LogP contribution < -0.4 is 15.6 Å². The van der Waals surface area contributed by atoms with E-state index in [9.17, 15) is 9.59 Å². The van der Waals surface area contributed by atoms with E-state index in [1.807, 2.05) is 0 Å². The standard InChI is InChI=1S/C13H10N6O2/c1-8-12(20)19(13(21)16-8)11-4-2-3-9(5-11)17-18-10(6-14)7-15/h2-5,8,17H,1H3,(H,16,21). The van der Waals surface area contributed by atoms with Crippen LogP contribution in [-0.2, 0) is 4.79 Å². The van der Waals surface area contributed by atoms with E-state index in [2.05, 4.69) is 15.8 Å². The van der Waals surface area contributed by atoms with Crippen molar-refractivity contribution in [3.63, 3.8) is 0 Å². The van der Waals surface area contributed by atoms with Crippen LogP contribution in [0.4, 0.5) is 16.2 Å². The maximum absolute atomic E-state index is 11.9. The third-order valence-corrected chi connectivity index (χ3v) is 2.75. The van der Waals surface area contributed by atoms with Gasteiger partial charge in [0.05, 0.1) is 11.4 Å². The van der Waals surface area contributed by atoms with Crippen LogP contribution in [0.15, 0.2) is 29.4 Å². The maximum Gasteiger partial charge on any atom is 0.329 e. The summed E-state index contributed by atoms with van der Waals surface area (Å²) in [6, 6.07) is 8.51. The van der Waals surface area contributed by atoms with Gasteiger partial charge in [0.1, 0.15) is 18.2 Å². The topological polar surface area (TPSA) is 121 Å². The molecule has 0 aliphatic carbocycles. The Morgan fingerprint density at radius 1 is 1.38 bits per heavy atom. The van der Waals surface area contributed by atoms with E-state index in [-0.39, 0.29) is 11.6 Å². The van der Waals surface area contributed by atoms with E-state index in [1.54, 1.807) is 37.3 Å². The van der Waals surface area contributed by atoms with Crippen molar-refractivity contribution in [3.05, 3.63) is 24.3 Å². The first-order valence-electron chi connectivity index (χ1n) is 5.95. The minimum atomic E-state index is -0.573. The molecule has 0 radical (unpaired) electrons. The fourth-order valence-electron chi connectivity index (χ4n) is 1.76. The van der Waals surface area contributed by atoms with Crippen LogP contribution in [0.1, 0.15) is 6.92 Å². The lowest BCUT2D eigenvalue weighted by molar-refractivity contribution is -0.117. The normalized spacial score (nSPS) is 16.7. The summed E-state index contributed by atoms with van der Waals surface area (Å²) in [5.74, 6) is -0.351. The molecule has 0 spiro atoms. The van der Waals surface area contributed by atoms with Crippen molar-refractivity contribution in [3.8, 4) is 12.1 Å². The number of nitrogens with one attached hydrogen (secondary N) is 2. The van der Waals surface area contributed by atoms with Crippen molar-refractivity contribution in [2.45, 2.75) is 13.0 Å². The molecule has 1 unspecified atom stereocenters. The number of nitrogens with zero attached hydrogens (tertiary/aromatic N) is 4. The second-order valence-electron chi connectivity index (χ2n) is 4.19. The number of imide groups is 1. The van der Waals surface area contributed by atoms with Gasteiger partial charge in [0.2, 0.25) is 5.71 Å². The zero-order valence-electron chi connectivity index (χ0n) is 11.0. The fourth-order valence-corrected chi connectivity index (χ4v) is 1.76. The van der Waals surface area contributed by atoms with Gasteiger partial charge in [0, 0.05) is 0 Å². The third kappa shape index (κ3) is 2.80. The quantitative estimate of drug-likeness (QED) is 0.485. The molecule has 1 aliphatic heterocycles. The summed E-state index contributed by atoms with van der Waals surface area (Å²) >= 11 is 0. The largest absolute Gasteiger partial charge is 0.329 e. The van der Waals surface area contributed by atoms with E-state index in [1.165, 1.54) is 6.07 Å². The maximum atomic E-state index is 11.9. The van der Waals surface area contributed by atoms with Crippen LogP contribution in [0.2, 0.25) is 0 Å². The highest BCUT2D eigenvalue weighted by atomic mass is 16.2. The van der Waals surface area contributed by atoms with E-state index >= 15 is 0 Å². The molecular formula is C13H10N6O2. The van der Waals surface area contributed by atoms with Crippen molar-refractivity contribution < 1.29 is 9.59 Å². The number of amides is 3. The SMILES string of the molecule is CC1NC(=O)N(c2cccc(NN=C(C#N)C#N)c2)C1=O. The summed E-state index contributed by atoms with van der Waals surface area (Å²) in [6.45, 7) is 1.60. The Kier molecular flexibility index (Phi) is 3.82. The summed E-state index contributed by atoms with van der Waals surface area (Å²) in [4.78, 5) is 24.6. The number of anilines is 2. The number of urea groups is 1. The smallest absolute Gasteiger partial charge is 0.326 e. The molecule has 1 saturated heterocycles. The average Bonchev–Trinajstić information content (AvgIpc) is 2.73. The molecule has 1 aromatic carbocycles. The van der Waals surface area contributed by atoms with Crippen LogP contribution >= 0.6 is 0 Å². The molecule has 1 aliphatic rings. The minimum absolute atomic E-state index is 0.330. The second-order valence-corrected chi connectivity index (χ2v) is 4.19. The Morgan fingerprint density at radius 2 is 2.10 bits per heavy atom. The molecule has 2 rings (SSSR count). The summed E-state index contributed by atoms with van der Waals surface area (Å²) < 4.78 is 0. The summed E-state index contributed by atoms with van der Waals surface area (Å²) in [7, 11) is 0. The number of benzene rings is 1. The van der Waals surface area contributed by atoms with E-state index < -0.39 is 12.1 Å². The molecule has 0 bridgehead atoms. The van der Waals surface area contributed by atoms with Gasteiger partial charge < -0.3 is 5.32 Å². The summed E-state index contributed by atoms with van der Waals surface area (Å²) in [5, 5.41) is 23.3. The van der Waals surface area contributed by atoms with Gasteiger partial charge in [-0.15, -0.1) is 0 Å². The number of hydrogen-bond acceptors (Lipinski definition) is 6. The molecule has 1 heterocycles. The lowest BCUT2D eigenvalue weighted by atomic mass is 10.2. The van der Waals surface area contributed by atoms with Crippen LogP contribution in [0.25, 0.3) is 0 Å². The van der Waals surface area contributed by atoms with Crippen molar-refractivity contribution in [1.29, 1.82) is 10.5 Å². The molecule has 21 heavy (non-hydrogen) atoms. The number of carbonyl (C=O) groups is 2. The summed E-state index contributed by atoms with van der Waals surface area (Å²) in [5.41, 5.74) is 3.01. The van der Waals surface area contributed by atoms with Crippen LogP contribution in [0, 0.1) is 22.7 Å². The average molecular weight is 282 g/mol. The number of nitriles is 2. The highest BCUT2D eigenvalue weighted by Gasteiger charge is 2.36. The predicted octanol–water partition coefficient (Wildman–Crippen LogP) is 0.946. The molecule has 8 heteroatoms. The van der Waals surface area contributed by atoms with Crippen LogP contribution in [-0.4, -0.2) is 23.7 Å². The minimum Gasteiger partial charge on any atom is -0.326 e. The van der Waals surface area contributed by atoms with E-state index in [4.69, 9.17) is 10.5 Å². The highest BCUT2D eigenvalue weighted by Crippen LogP contribution is 2.23. The third-order valence-electron chi connectivity index (χ3n) is 2.75. The predicted molar refractivity (Wildman–Crippen MR) is 74.2 cm³/mol. The Morgan fingerprint density at radius 3 is 2.67 bits per heavy atom. The lowest BCUT2D eigenvalue weighted by Crippen LogP contribution is -2.30. The molecule has 104 valence electrons. The monoisotopic (exact) mass is 282 g/mol. The number of carbonyl (C=O) groups excluding carboxylic acids is 2.